The molecule has 0 bridgehead atoms. The topological polar surface area (TPSA) is 26.3 Å². The average molecular weight is 259 g/mol. The highest BCUT2D eigenvalue weighted by Gasteiger charge is 2.71. The first kappa shape index (κ1) is 13.2. The summed E-state index contributed by atoms with van der Waals surface area (Å²) in [6, 6.07) is 0. The SMILES string of the molecule is CCCCCC[C@]12CCC[C@@]1(OC(=O)CCl)C2. The molecule has 0 unspecified atom stereocenters. The second kappa shape index (κ2) is 5.17. The Labute approximate surface area is 109 Å². The monoisotopic (exact) mass is 258 g/mol. The number of esters is 1. The number of hydrogen-bond donors (Lipinski definition) is 0. The summed E-state index contributed by atoms with van der Waals surface area (Å²) in [5.74, 6) is -0.239. The Morgan fingerprint density at radius 1 is 1.29 bits per heavy atom. The minimum atomic E-state index is -0.232. The standard InChI is InChI=1S/C14H23ClO2/c1-2-3-4-5-7-13-8-6-9-14(13,11-13)17-12(16)10-15/h2-11H2,1H3/t13-,14-/m1/s1. The summed E-state index contributed by atoms with van der Waals surface area (Å²) < 4.78 is 5.61. The summed E-state index contributed by atoms with van der Waals surface area (Å²) in [6.45, 7) is 2.23. The van der Waals surface area contributed by atoms with Gasteiger partial charge in [-0.05, 0) is 32.1 Å². The smallest absolute Gasteiger partial charge is 0.321 e. The molecule has 2 aliphatic rings. The van der Waals surface area contributed by atoms with Crippen LogP contribution in [0, 0.1) is 5.41 Å². The number of ether oxygens (including phenoxy) is 1. The third-order valence-corrected chi connectivity index (χ3v) is 4.85. The Hall–Kier alpha value is -0.240. The van der Waals surface area contributed by atoms with Gasteiger partial charge < -0.3 is 4.74 Å². The predicted molar refractivity (Wildman–Crippen MR) is 69.2 cm³/mol. The van der Waals surface area contributed by atoms with Crippen molar-refractivity contribution in [2.24, 2.45) is 5.41 Å². The fourth-order valence-corrected chi connectivity index (χ4v) is 3.71. The Morgan fingerprint density at radius 2 is 2.12 bits per heavy atom. The largest absolute Gasteiger partial charge is 0.458 e. The van der Waals surface area contributed by atoms with Gasteiger partial charge >= 0.3 is 5.97 Å². The maximum atomic E-state index is 11.4. The first-order valence-electron chi connectivity index (χ1n) is 6.96. The van der Waals surface area contributed by atoms with Gasteiger partial charge in [-0.15, -0.1) is 11.6 Å². The van der Waals surface area contributed by atoms with Crippen LogP contribution in [0.4, 0.5) is 0 Å². The van der Waals surface area contributed by atoms with Crippen molar-refractivity contribution in [2.75, 3.05) is 5.88 Å². The molecule has 2 atom stereocenters. The lowest BCUT2D eigenvalue weighted by atomic mass is 9.94. The number of alkyl halides is 1. The van der Waals surface area contributed by atoms with Gasteiger partial charge in [0.15, 0.2) is 0 Å². The minimum Gasteiger partial charge on any atom is -0.458 e. The fraction of sp³-hybridized carbons (Fsp3) is 0.929. The van der Waals surface area contributed by atoms with Crippen molar-refractivity contribution >= 4 is 17.6 Å². The van der Waals surface area contributed by atoms with Crippen LogP contribution in [0.3, 0.4) is 0 Å². The van der Waals surface area contributed by atoms with E-state index in [4.69, 9.17) is 16.3 Å². The molecule has 0 heterocycles. The summed E-state index contributed by atoms with van der Waals surface area (Å²) in [6.07, 6.45) is 11.1. The van der Waals surface area contributed by atoms with Crippen molar-refractivity contribution in [1.29, 1.82) is 0 Å². The van der Waals surface area contributed by atoms with E-state index in [0.717, 1.165) is 12.8 Å². The normalized spacial score (nSPS) is 34.5. The van der Waals surface area contributed by atoms with Gasteiger partial charge in [-0.3, -0.25) is 4.79 Å². The quantitative estimate of drug-likeness (QED) is 0.391. The minimum absolute atomic E-state index is 0.00629. The molecule has 2 rings (SSSR count). The number of unbranched alkanes of at least 4 members (excludes halogenated alkanes) is 3. The second-order valence-corrected chi connectivity index (χ2v) is 5.99. The number of halogens is 1. The van der Waals surface area contributed by atoms with Crippen LogP contribution in [0.25, 0.3) is 0 Å². The molecule has 0 aliphatic heterocycles. The van der Waals surface area contributed by atoms with Crippen LogP contribution in [-0.2, 0) is 9.53 Å². The Kier molecular flexibility index (Phi) is 4.02. The number of carbonyl (C=O) groups is 1. The molecule has 0 saturated heterocycles. The molecule has 0 N–H and O–H groups in total. The molecule has 17 heavy (non-hydrogen) atoms. The molecule has 0 aromatic carbocycles. The van der Waals surface area contributed by atoms with Gasteiger partial charge in [0.05, 0.1) is 0 Å². The van der Waals surface area contributed by atoms with Crippen LogP contribution in [0.2, 0.25) is 0 Å². The van der Waals surface area contributed by atoms with Crippen LogP contribution in [0.5, 0.6) is 0 Å². The van der Waals surface area contributed by atoms with Crippen LogP contribution in [-0.4, -0.2) is 17.5 Å². The maximum absolute atomic E-state index is 11.4. The molecule has 2 nitrogen and oxygen atoms in total. The van der Waals surface area contributed by atoms with Crippen LogP contribution in [0.1, 0.15) is 64.7 Å². The van der Waals surface area contributed by atoms with Gasteiger partial charge in [-0.25, -0.2) is 0 Å². The van der Waals surface area contributed by atoms with Gasteiger partial charge in [-0.1, -0.05) is 32.6 Å². The van der Waals surface area contributed by atoms with Crippen LogP contribution >= 0.6 is 11.6 Å². The zero-order valence-electron chi connectivity index (χ0n) is 10.8. The van der Waals surface area contributed by atoms with E-state index in [1.165, 1.54) is 44.9 Å². The van der Waals surface area contributed by atoms with Crippen molar-refractivity contribution in [1.82, 2.24) is 0 Å². The lowest BCUT2D eigenvalue weighted by Crippen LogP contribution is -2.23. The number of hydrogen-bond acceptors (Lipinski definition) is 2. The van der Waals surface area contributed by atoms with Crippen molar-refractivity contribution in [3.63, 3.8) is 0 Å². The molecular weight excluding hydrogens is 236 g/mol. The van der Waals surface area contributed by atoms with Gasteiger partial charge in [-0.2, -0.15) is 0 Å². The van der Waals surface area contributed by atoms with E-state index >= 15 is 0 Å². The van der Waals surface area contributed by atoms with Crippen LogP contribution in [0.15, 0.2) is 0 Å². The Morgan fingerprint density at radius 3 is 2.82 bits per heavy atom. The van der Waals surface area contributed by atoms with E-state index in [0.29, 0.717) is 5.41 Å². The van der Waals surface area contributed by atoms with Crippen molar-refractivity contribution in [3.8, 4) is 0 Å². The highest BCUT2D eigenvalue weighted by atomic mass is 35.5. The van der Waals surface area contributed by atoms with E-state index in [1.807, 2.05) is 0 Å². The van der Waals surface area contributed by atoms with E-state index in [2.05, 4.69) is 6.92 Å². The molecule has 0 spiro atoms. The molecule has 2 aliphatic carbocycles. The first-order chi connectivity index (χ1) is 8.18. The summed E-state index contributed by atoms with van der Waals surface area (Å²) in [5.41, 5.74) is 0.230. The molecule has 0 radical (unpaired) electrons. The molecule has 0 aromatic rings. The zero-order chi connectivity index (χ0) is 12.4. The molecule has 0 aromatic heterocycles. The van der Waals surface area contributed by atoms with E-state index in [-0.39, 0.29) is 17.5 Å². The first-order valence-corrected chi connectivity index (χ1v) is 7.49. The molecule has 2 fully saturated rings. The zero-order valence-corrected chi connectivity index (χ0v) is 11.5. The molecule has 0 amide bonds. The Bertz CT molecular complexity index is 292. The van der Waals surface area contributed by atoms with E-state index in [9.17, 15) is 4.79 Å². The van der Waals surface area contributed by atoms with E-state index in [1.54, 1.807) is 0 Å². The van der Waals surface area contributed by atoms with Crippen molar-refractivity contribution in [3.05, 3.63) is 0 Å². The third kappa shape index (κ3) is 2.47. The average Bonchev–Trinajstić information content (AvgIpc) is 2.80. The summed E-state index contributed by atoms with van der Waals surface area (Å²) in [5, 5.41) is 0. The number of fused-ring (bicyclic) bond motifs is 1. The van der Waals surface area contributed by atoms with Crippen molar-refractivity contribution in [2.45, 2.75) is 70.3 Å². The maximum Gasteiger partial charge on any atom is 0.321 e. The van der Waals surface area contributed by atoms with E-state index < -0.39 is 0 Å². The summed E-state index contributed by atoms with van der Waals surface area (Å²) in [7, 11) is 0. The predicted octanol–water partition coefficient (Wildman–Crippen LogP) is 4.05. The van der Waals surface area contributed by atoms with Gasteiger partial charge in [0.2, 0.25) is 0 Å². The van der Waals surface area contributed by atoms with Gasteiger partial charge in [0, 0.05) is 5.41 Å². The lowest BCUT2D eigenvalue weighted by Gasteiger charge is -2.18. The van der Waals surface area contributed by atoms with Gasteiger partial charge in [0.1, 0.15) is 11.5 Å². The molecule has 3 heteroatoms. The fourth-order valence-electron chi connectivity index (χ4n) is 3.66. The van der Waals surface area contributed by atoms with Gasteiger partial charge in [0.25, 0.3) is 0 Å². The molecule has 98 valence electrons. The lowest BCUT2D eigenvalue weighted by molar-refractivity contribution is -0.149. The summed E-state index contributed by atoms with van der Waals surface area (Å²) >= 11 is 5.53. The molecular formula is C14H23ClO2. The second-order valence-electron chi connectivity index (χ2n) is 5.72. The number of rotatable bonds is 7. The third-order valence-electron chi connectivity index (χ3n) is 4.63. The van der Waals surface area contributed by atoms with Crippen molar-refractivity contribution < 1.29 is 9.53 Å². The Balaban J connectivity index is 1.83. The number of carbonyl (C=O) groups excluding carboxylic acids is 1. The highest BCUT2D eigenvalue weighted by Crippen LogP contribution is 2.71. The molecule has 2 saturated carbocycles. The van der Waals surface area contributed by atoms with Crippen LogP contribution < -0.4 is 0 Å². The summed E-state index contributed by atoms with van der Waals surface area (Å²) in [4.78, 5) is 11.4. The highest BCUT2D eigenvalue weighted by molar-refractivity contribution is 6.26.